The molecule has 22 heteroatoms. The number of nitrogens with zero attached hydrogens (tertiary/aromatic N) is 14. The molecule has 16 saturated carbocycles. The molecular weight excluding hydrogens is 1550 g/mol. The van der Waals surface area contributed by atoms with Gasteiger partial charge in [0.25, 0.3) is 0 Å². The minimum absolute atomic E-state index is 0.367. The molecule has 4 aromatic heterocycles. The average Bonchev–Trinajstić information content (AvgIpc) is 1.58. The van der Waals surface area contributed by atoms with Gasteiger partial charge in [-0.15, -0.1) is 25.5 Å². The Hall–Kier alpha value is -4.94. The number of tetrazole rings is 2. The van der Waals surface area contributed by atoms with Crippen LogP contribution in [0.4, 0.5) is 0 Å². The van der Waals surface area contributed by atoms with Crippen LogP contribution in [0.5, 0.6) is 0 Å². The monoisotopic (exact) mass is 1710 g/mol. The summed E-state index contributed by atoms with van der Waals surface area (Å²) in [5, 5.41) is 85.7. The van der Waals surface area contributed by atoms with E-state index >= 15 is 0 Å². The van der Waals surface area contributed by atoms with Crippen molar-refractivity contribution in [2.75, 3.05) is 53.4 Å². The molecule has 20 rings (SSSR count). The summed E-state index contributed by atoms with van der Waals surface area (Å²) in [6.07, 6.45) is 52.9. The van der Waals surface area contributed by atoms with E-state index in [-0.39, 0.29) is 0 Å². The molecule has 16 fully saturated rings. The number of aliphatic hydroxyl groups is 4. The number of aromatic nitrogens is 14. The smallest absolute Gasteiger partial charge is 0.171 e. The van der Waals surface area contributed by atoms with Gasteiger partial charge >= 0.3 is 0 Å². The van der Waals surface area contributed by atoms with Crippen LogP contribution in [0.1, 0.15) is 285 Å². The molecule has 0 aliphatic heterocycles. The van der Waals surface area contributed by atoms with Gasteiger partial charge < -0.3 is 39.4 Å². The fourth-order valence-corrected chi connectivity index (χ4v) is 34.7. The second-order valence-corrected chi connectivity index (χ2v) is 45.8. The predicted octanol–water partition coefficient (Wildman–Crippen LogP) is 18.2. The Morgan fingerprint density at radius 2 is 0.702 bits per heavy atom. The van der Waals surface area contributed by atoms with Gasteiger partial charge in [-0.05, 0) is 433 Å². The first-order valence-corrected chi connectivity index (χ1v) is 50.6. The van der Waals surface area contributed by atoms with Gasteiger partial charge in [-0.25, -0.2) is 4.68 Å². The molecule has 0 saturated heterocycles. The first kappa shape index (κ1) is 91.0. The summed E-state index contributed by atoms with van der Waals surface area (Å²) in [6.45, 7) is 43.4. The van der Waals surface area contributed by atoms with Gasteiger partial charge in [0.15, 0.2) is 12.2 Å². The highest BCUT2D eigenvalue weighted by molar-refractivity contribution is 5.21. The number of fused-ring (bicyclic) bond motifs is 20. The second kappa shape index (κ2) is 37.4. The highest BCUT2D eigenvalue weighted by Crippen LogP contribution is 2.71. The Morgan fingerprint density at radius 1 is 0.363 bits per heavy atom. The Bertz CT molecular complexity index is 3910. The lowest BCUT2D eigenvalue weighted by atomic mass is 9.48. The van der Waals surface area contributed by atoms with E-state index in [0.29, 0.717) is 128 Å². The number of ether oxygens (including phenoxy) is 4. The zero-order chi connectivity index (χ0) is 86.7. The lowest BCUT2D eigenvalue weighted by molar-refractivity contribution is -0.127. The Kier molecular flexibility index (Phi) is 27.4. The highest BCUT2D eigenvalue weighted by atomic mass is 16.5. The highest BCUT2D eigenvalue weighted by Gasteiger charge is 2.64. The normalized spacial score (nSPS) is 44.4. The maximum atomic E-state index is 11.1. The molecule has 32 atom stereocenters. The molecule has 16 aliphatic rings. The van der Waals surface area contributed by atoms with E-state index in [0.717, 1.165) is 165 Å². The van der Waals surface area contributed by atoms with Crippen molar-refractivity contribution in [3.05, 3.63) is 85.5 Å². The van der Waals surface area contributed by atoms with E-state index in [1.165, 1.54) is 208 Å². The SMILES string of the molecule is C=C(Cn1ccnn1)[C@H]1CC[C@H]2[C@@H]3CC[C@H]4C[C@@](O)(COCC)CC[C@@H]4[C@H]3CC[C@]12C.C=C(Cn1nccn1)[C@H]1CC[C@H]2[C@@H]3CC[C@H]4C[C@@](O)(COCC)CC[C@@H]4[C@H]3CC[C@]12C.C=C(Cn1ncnn1)[C@H]1CC[C@H]2[C@@H]3CC[C@H]4C[C@@](O)(COCC)CC[C@@H]4[C@H]3CC[C@]12C.C=C(Cn1nnc(C)n1)[C@H]1CC[C@H]2[C@@H]3CC[C@H]4C[C@@](O)(COC)CC[C@@H]4[C@H]3CC[C@]12C. The van der Waals surface area contributed by atoms with Crippen molar-refractivity contribution >= 4 is 0 Å². The third-order valence-corrected chi connectivity index (χ3v) is 39.8. The van der Waals surface area contributed by atoms with Gasteiger partial charge in [0, 0.05) is 33.1 Å². The molecule has 124 heavy (non-hydrogen) atoms. The van der Waals surface area contributed by atoms with Crippen molar-refractivity contribution in [3.8, 4) is 0 Å². The first-order chi connectivity index (χ1) is 59.6. The number of aryl methyl sites for hydroxylation is 1. The molecule has 16 aliphatic carbocycles. The Labute approximate surface area is 743 Å². The summed E-state index contributed by atoms with van der Waals surface area (Å²) in [5.41, 5.74) is 4.45. The number of hydrogen-bond acceptors (Lipinski definition) is 18. The Morgan fingerprint density at radius 3 is 1.02 bits per heavy atom. The number of rotatable bonds is 23. The van der Waals surface area contributed by atoms with Crippen molar-refractivity contribution in [1.82, 2.24) is 70.4 Å². The zero-order valence-corrected chi connectivity index (χ0v) is 78.0. The third-order valence-electron chi connectivity index (χ3n) is 39.8. The standard InChI is InChI=1S/2C26H41N3O2.2C25H40N4O2/c1-4-31-17-26(30)12-10-20-19(15-26)5-6-22-21(20)9-11-25(3)23(7-8-24(22)25)18(2)16-29-14-13-27-28-29;1-4-31-17-26(30)12-10-20-19(15-26)5-6-22-21(20)9-11-25(3)23(7-8-24(22)25)18(2)16-29-27-13-14-28-29;1-16(14-29-27-17(2)26-28-29)22-7-8-23-21-6-5-18-13-25(30,15-31-4)12-10-19(18)20(21)9-11-24(22,23)3;1-4-31-15-25(30)12-10-19-18(13-25)5-6-21-20(19)9-11-24(3)22(7-8-23(21)24)17(2)14-29-27-16-26-28-29/h2*13-14,19-24,30H,2,4-12,15-17H2,1,3H3;18-23,30H,1,5-15H2,2-4H3;16,18-23,30H,2,4-15H2,1,3H3/t2*19-,20-,21+,22+,23+,24-,25+,26+;2*18-,19-,20+,21+,22+,23-,24+,25+/m0000/s1. The van der Waals surface area contributed by atoms with Crippen LogP contribution in [0.3, 0.4) is 0 Å². The molecule has 22 nitrogen and oxygen atoms in total. The Balaban J connectivity index is 0.000000117. The number of hydrogen-bond donors (Lipinski definition) is 4. The van der Waals surface area contributed by atoms with Crippen molar-refractivity contribution in [2.45, 2.75) is 335 Å². The molecule has 4 N–H and O–H groups in total. The molecule has 0 radical (unpaired) electrons. The molecular formula is C102H162N14O8. The summed E-state index contributed by atoms with van der Waals surface area (Å²) in [5.74, 6) is 19.4. The van der Waals surface area contributed by atoms with E-state index in [9.17, 15) is 20.4 Å². The van der Waals surface area contributed by atoms with Crippen molar-refractivity contribution in [1.29, 1.82) is 0 Å². The largest absolute Gasteiger partial charge is 0.387 e. The average molecular weight is 1710 g/mol. The van der Waals surface area contributed by atoms with Gasteiger partial charge in [-0.1, -0.05) is 81.5 Å². The summed E-state index contributed by atoms with van der Waals surface area (Å²) in [4.78, 5) is 5.19. The summed E-state index contributed by atoms with van der Waals surface area (Å²) in [6, 6.07) is 0. The van der Waals surface area contributed by atoms with Gasteiger partial charge in [0.05, 0.1) is 93.6 Å². The quantitative estimate of drug-likeness (QED) is 0.0503. The zero-order valence-electron chi connectivity index (χ0n) is 78.0. The second-order valence-electron chi connectivity index (χ2n) is 45.8. The van der Waals surface area contributed by atoms with Crippen molar-refractivity contribution < 1.29 is 39.4 Å². The van der Waals surface area contributed by atoms with Crippen LogP contribution in [-0.4, -0.2) is 167 Å². The minimum Gasteiger partial charge on any atom is -0.387 e. The molecule has 4 aromatic rings. The molecule has 0 aromatic carbocycles. The van der Waals surface area contributed by atoms with Gasteiger partial charge in [-0.2, -0.15) is 24.6 Å². The van der Waals surface area contributed by atoms with Crippen LogP contribution in [0.2, 0.25) is 0 Å². The van der Waals surface area contributed by atoms with Crippen LogP contribution in [0.25, 0.3) is 0 Å². The van der Waals surface area contributed by atoms with Gasteiger partial charge in [-0.3, -0.25) is 0 Å². The van der Waals surface area contributed by atoms with Crippen LogP contribution in [0, 0.1) is 171 Å². The fourth-order valence-electron chi connectivity index (χ4n) is 34.7. The maximum Gasteiger partial charge on any atom is 0.171 e. The molecule has 0 unspecified atom stereocenters. The van der Waals surface area contributed by atoms with E-state index < -0.39 is 22.4 Å². The van der Waals surface area contributed by atoms with Crippen LogP contribution in [0.15, 0.2) is 79.7 Å². The van der Waals surface area contributed by atoms with Crippen LogP contribution >= 0.6 is 0 Å². The van der Waals surface area contributed by atoms with E-state index in [2.05, 4.69) is 105 Å². The number of methoxy groups -OCH3 is 1. The third kappa shape index (κ3) is 18.0. The molecule has 0 amide bonds. The topological polar surface area (TPSA) is 266 Å². The summed E-state index contributed by atoms with van der Waals surface area (Å²) < 4.78 is 24.2. The van der Waals surface area contributed by atoms with Crippen LogP contribution in [-0.2, 0) is 45.1 Å². The van der Waals surface area contributed by atoms with Gasteiger partial charge in [0.2, 0.25) is 0 Å². The summed E-state index contributed by atoms with van der Waals surface area (Å²) in [7, 11) is 1.72. The van der Waals surface area contributed by atoms with E-state index in [4.69, 9.17) is 18.9 Å². The minimum atomic E-state index is -0.587. The lowest BCUT2D eigenvalue weighted by Gasteiger charge is -2.57. The van der Waals surface area contributed by atoms with Crippen molar-refractivity contribution in [3.63, 3.8) is 0 Å². The van der Waals surface area contributed by atoms with E-state index in [1.54, 1.807) is 40.1 Å². The van der Waals surface area contributed by atoms with Gasteiger partial charge in [0.1, 0.15) is 0 Å². The first-order valence-electron chi connectivity index (χ1n) is 50.6. The molecule has 0 bridgehead atoms. The van der Waals surface area contributed by atoms with E-state index in [1.807, 2.05) is 38.6 Å². The number of allylic oxidation sites excluding steroid dienone is 4. The maximum absolute atomic E-state index is 11.1. The fraction of sp³-hybridized carbons (Fsp3) is 0.863. The molecule has 0 spiro atoms. The van der Waals surface area contributed by atoms with Crippen molar-refractivity contribution in [2.24, 2.45) is 164 Å². The molecule has 4 heterocycles. The lowest BCUT2D eigenvalue weighted by Crippen LogP contribution is -2.52. The molecule has 688 valence electrons. The predicted molar refractivity (Wildman–Crippen MR) is 481 cm³/mol. The summed E-state index contributed by atoms with van der Waals surface area (Å²) >= 11 is 0. The van der Waals surface area contributed by atoms with Crippen LogP contribution < -0.4 is 0 Å².